The summed E-state index contributed by atoms with van der Waals surface area (Å²) < 4.78 is 1.78. The molecule has 0 aliphatic heterocycles. The highest BCUT2D eigenvalue weighted by Crippen LogP contribution is 2.17. The first-order chi connectivity index (χ1) is 8.07. The minimum atomic E-state index is 0.193. The lowest BCUT2D eigenvalue weighted by atomic mass is 9.90. The van der Waals surface area contributed by atoms with Crippen LogP contribution in [0.4, 0.5) is 0 Å². The smallest absolute Gasteiger partial charge is 0.0964 e. The maximum Gasteiger partial charge on any atom is 0.0964 e. The zero-order chi connectivity index (χ0) is 12.7. The maximum absolute atomic E-state index is 8.72. The van der Waals surface area contributed by atoms with Crippen molar-refractivity contribution >= 4 is 0 Å². The molecule has 0 aliphatic carbocycles. The van der Waals surface area contributed by atoms with Crippen molar-refractivity contribution in [1.29, 1.82) is 0 Å². The Bertz CT molecular complexity index is 322. The summed E-state index contributed by atoms with van der Waals surface area (Å²) in [6.07, 6.45) is 3.81. The summed E-state index contributed by atoms with van der Waals surface area (Å²) in [5, 5.41) is 20.2. The standard InChI is InChI=1S/C12H24N4O/c1-4-12(2,3)10-13-8-11-9-16(15-14-11)6-5-7-17/h9,13,17H,4-8,10H2,1-3H3. The van der Waals surface area contributed by atoms with Gasteiger partial charge < -0.3 is 10.4 Å². The summed E-state index contributed by atoms with van der Waals surface area (Å²) in [5.41, 5.74) is 1.28. The van der Waals surface area contributed by atoms with E-state index in [-0.39, 0.29) is 6.61 Å². The molecule has 0 saturated carbocycles. The fourth-order valence-electron chi connectivity index (χ4n) is 1.42. The number of nitrogens with one attached hydrogen (secondary N) is 1. The summed E-state index contributed by atoms with van der Waals surface area (Å²) in [6.45, 7) is 9.35. The Kier molecular flexibility index (Phi) is 5.58. The Morgan fingerprint density at radius 1 is 1.47 bits per heavy atom. The number of hydrogen-bond donors (Lipinski definition) is 2. The van der Waals surface area contributed by atoms with Crippen molar-refractivity contribution < 1.29 is 5.11 Å². The Labute approximate surface area is 103 Å². The number of aliphatic hydroxyl groups excluding tert-OH is 1. The lowest BCUT2D eigenvalue weighted by Crippen LogP contribution is -2.28. The molecule has 1 heterocycles. The van der Waals surface area contributed by atoms with Gasteiger partial charge in [0.1, 0.15) is 0 Å². The van der Waals surface area contributed by atoms with Crippen molar-refractivity contribution in [2.45, 2.75) is 46.7 Å². The largest absolute Gasteiger partial charge is 0.396 e. The van der Waals surface area contributed by atoms with E-state index < -0.39 is 0 Å². The van der Waals surface area contributed by atoms with Crippen LogP contribution >= 0.6 is 0 Å². The van der Waals surface area contributed by atoms with Crippen LogP contribution in [-0.2, 0) is 13.1 Å². The molecular formula is C12H24N4O. The summed E-state index contributed by atoms with van der Waals surface area (Å²) in [5.74, 6) is 0. The molecule has 5 nitrogen and oxygen atoms in total. The molecule has 2 N–H and O–H groups in total. The van der Waals surface area contributed by atoms with E-state index >= 15 is 0 Å². The normalized spacial score (nSPS) is 12.0. The Hall–Kier alpha value is -0.940. The van der Waals surface area contributed by atoms with E-state index in [1.54, 1.807) is 4.68 Å². The van der Waals surface area contributed by atoms with E-state index in [0.29, 0.717) is 5.41 Å². The van der Waals surface area contributed by atoms with Crippen molar-refractivity contribution in [3.05, 3.63) is 11.9 Å². The van der Waals surface area contributed by atoms with Crippen LogP contribution in [0.3, 0.4) is 0 Å². The van der Waals surface area contributed by atoms with E-state index in [1.165, 1.54) is 0 Å². The predicted molar refractivity (Wildman–Crippen MR) is 67.5 cm³/mol. The van der Waals surface area contributed by atoms with Gasteiger partial charge in [-0.15, -0.1) is 5.10 Å². The van der Waals surface area contributed by atoms with E-state index in [2.05, 4.69) is 36.4 Å². The van der Waals surface area contributed by atoms with Gasteiger partial charge in [-0.05, 0) is 18.3 Å². The lowest BCUT2D eigenvalue weighted by Gasteiger charge is -2.22. The zero-order valence-corrected chi connectivity index (χ0v) is 11.1. The van der Waals surface area contributed by atoms with Crippen LogP contribution in [-0.4, -0.2) is 33.3 Å². The summed E-state index contributed by atoms with van der Waals surface area (Å²) in [6, 6.07) is 0. The van der Waals surface area contributed by atoms with E-state index in [4.69, 9.17) is 5.11 Å². The summed E-state index contributed by atoms with van der Waals surface area (Å²) in [7, 11) is 0. The molecule has 0 unspecified atom stereocenters. The minimum absolute atomic E-state index is 0.193. The molecular weight excluding hydrogens is 216 g/mol. The van der Waals surface area contributed by atoms with E-state index in [0.717, 1.165) is 38.2 Å². The topological polar surface area (TPSA) is 63.0 Å². The van der Waals surface area contributed by atoms with Gasteiger partial charge >= 0.3 is 0 Å². The van der Waals surface area contributed by atoms with E-state index in [1.807, 2.05) is 6.20 Å². The number of aryl methyl sites for hydroxylation is 1. The molecule has 0 aromatic carbocycles. The van der Waals surface area contributed by atoms with Gasteiger partial charge in [-0.25, -0.2) is 0 Å². The molecule has 5 heteroatoms. The van der Waals surface area contributed by atoms with Gasteiger partial charge in [-0.3, -0.25) is 4.68 Å². The van der Waals surface area contributed by atoms with Crippen molar-refractivity contribution in [3.63, 3.8) is 0 Å². The molecule has 98 valence electrons. The zero-order valence-electron chi connectivity index (χ0n) is 11.1. The van der Waals surface area contributed by atoms with Crippen LogP contribution in [0.1, 0.15) is 39.3 Å². The Morgan fingerprint density at radius 3 is 2.88 bits per heavy atom. The molecule has 0 fully saturated rings. The quantitative estimate of drug-likeness (QED) is 0.716. The van der Waals surface area contributed by atoms with Gasteiger partial charge in [-0.2, -0.15) is 0 Å². The second kappa shape index (κ2) is 6.71. The van der Waals surface area contributed by atoms with Gasteiger partial charge in [0.25, 0.3) is 0 Å². The maximum atomic E-state index is 8.72. The second-order valence-corrected chi connectivity index (χ2v) is 5.17. The van der Waals surface area contributed by atoms with E-state index in [9.17, 15) is 0 Å². The Balaban J connectivity index is 2.30. The minimum Gasteiger partial charge on any atom is -0.396 e. The van der Waals surface area contributed by atoms with Crippen LogP contribution in [0.5, 0.6) is 0 Å². The first-order valence-electron chi connectivity index (χ1n) is 6.28. The van der Waals surface area contributed by atoms with Crippen LogP contribution in [0, 0.1) is 5.41 Å². The molecule has 1 aromatic rings. The van der Waals surface area contributed by atoms with Crippen LogP contribution in [0.15, 0.2) is 6.20 Å². The van der Waals surface area contributed by atoms with Crippen molar-refractivity contribution in [2.75, 3.05) is 13.2 Å². The predicted octanol–water partition coefficient (Wildman–Crippen LogP) is 1.19. The van der Waals surface area contributed by atoms with Crippen LogP contribution in [0.25, 0.3) is 0 Å². The van der Waals surface area contributed by atoms with Gasteiger partial charge in [0.15, 0.2) is 0 Å². The monoisotopic (exact) mass is 240 g/mol. The number of rotatable bonds is 8. The summed E-state index contributed by atoms with van der Waals surface area (Å²) in [4.78, 5) is 0. The van der Waals surface area contributed by atoms with Gasteiger partial charge in [0.05, 0.1) is 5.69 Å². The average Bonchev–Trinajstić information content (AvgIpc) is 2.74. The molecule has 0 spiro atoms. The second-order valence-electron chi connectivity index (χ2n) is 5.17. The van der Waals surface area contributed by atoms with Gasteiger partial charge in [0, 0.05) is 32.4 Å². The molecule has 0 atom stereocenters. The first-order valence-corrected chi connectivity index (χ1v) is 6.28. The van der Waals surface area contributed by atoms with Crippen molar-refractivity contribution in [2.24, 2.45) is 5.41 Å². The number of nitrogens with zero attached hydrogens (tertiary/aromatic N) is 3. The third kappa shape index (κ3) is 5.28. The SMILES string of the molecule is CCC(C)(C)CNCc1cn(CCCO)nn1. The lowest BCUT2D eigenvalue weighted by molar-refractivity contribution is 0.276. The molecule has 17 heavy (non-hydrogen) atoms. The van der Waals surface area contributed by atoms with Crippen molar-refractivity contribution in [3.8, 4) is 0 Å². The molecule has 0 bridgehead atoms. The highest BCUT2D eigenvalue weighted by atomic mass is 16.3. The number of aromatic nitrogens is 3. The highest BCUT2D eigenvalue weighted by Gasteiger charge is 2.14. The molecule has 0 radical (unpaired) electrons. The highest BCUT2D eigenvalue weighted by molar-refractivity contribution is 4.91. The molecule has 0 aliphatic rings. The molecule has 1 rings (SSSR count). The average molecular weight is 240 g/mol. The summed E-state index contributed by atoms with van der Waals surface area (Å²) >= 11 is 0. The third-order valence-corrected chi connectivity index (χ3v) is 3.00. The first kappa shape index (κ1) is 14.1. The number of aliphatic hydroxyl groups is 1. The van der Waals surface area contributed by atoms with Crippen LogP contribution < -0.4 is 5.32 Å². The molecule has 0 saturated heterocycles. The fourth-order valence-corrected chi connectivity index (χ4v) is 1.42. The fraction of sp³-hybridized carbons (Fsp3) is 0.833. The molecule has 1 aromatic heterocycles. The van der Waals surface area contributed by atoms with Gasteiger partial charge in [0.2, 0.25) is 0 Å². The number of hydrogen-bond acceptors (Lipinski definition) is 4. The van der Waals surface area contributed by atoms with Gasteiger partial charge in [-0.1, -0.05) is 26.0 Å². The molecule has 0 amide bonds. The Morgan fingerprint density at radius 2 is 2.24 bits per heavy atom. The van der Waals surface area contributed by atoms with Crippen molar-refractivity contribution in [1.82, 2.24) is 20.3 Å². The van der Waals surface area contributed by atoms with Crippen LogP contribution in [0.2, 0.25) is 0 Å². The third-order valence-electron chi connectivity index (χ3n) is 3.00.